The zero-order valence-electron chi connectivity index (χ0n) is 20.6. The van der Waals surface area contributed by atoms with Crippen molar-refractivity contribution in [1.29, 1.82) is 0 Å². The number of para-hydroxylation sites is 1. The monoisotopic (exact) mass is 560 g/mol. The summed E-state index contributed by atoms with van der Waals surface area (Å²) in [6.45, 7) is -0.225. The lowest BCUT2D eigenvalue weighted by molar-refractivity contribution is -0.139. The van der Waals surface area contributed by atoms with E-state index in [4.69, 9.17) is 4.74 Å². The van der Waals surface area contributed by atoms with Gasteiger partial charge in [-0.2, -0.15) is 0 Å². The molecule has 2 atom stereocenters. The van der Waals surface area contributed by atoms with Crippen molar-refractivity contribution < 1.29 is 45.9 Å². The number of ketones is 1. The molecule has 208 valence electrons. The van der Waals surface area contributed by atoms with E-state index in [1.54, 1.807) is 0 Å². The molecule has 2 amide bonds. The van der Waals surface area contributed by atoms with Gasteiger partial charge in [-0.3, -0.25) is 19.2 Å². The second kappa shape index (κ2) is 12.1. The van der Waals surface area contributed by atoms with Crippen molar-refractivity contribution in [1.82, 2.24) is 10.6 Å². The average molecular weight is 560 g/mol. The number of amides is 2. The first kappa shape index (κ1) is 28.4. The van der Waals surface area contributed by atoms with E-state index in [0.717, 1.165) is 12.1 Å². The summed E-state index contributed by atoms with van der Waals surface area (Å²) in [6.07, 6.45) is -0.936. The minimum absolute atomic E-state index is 0.00913. The maximum Gasteiger partial charge on any atom is 0.322 e. The fourth-order valence-electron chi connectivity index (χ4n) is 4.41. The highest BCUT2D eigenvalue weighted by molar-refractivity contribution is 6.14. The smallest absolute Gasteiger partial charge is 0.322 e. The maximum atomic E-state index is 14.1. The van der Waals surface area contributed by atoms with E-state index < -0.39 is 70.9 Å². The molecule has 40 heavy (non-hydrogen) atoms. The second-order valence-corrected chi connectivity index (χ2v) is 9.02. The third kappa shape index (κ3) is 6.50. The third-order valence-electron chi connectivity index (χ3n) is 6.20. The van der Waals surface area contributed by atoms with Gasteiger partial charge in [0.15, 0.2) is 23.2 Å². The minimum Gasteiger partial charge on any atom is -0.425 e. The highest BCUT2D eigenvalue weighted by atomic mass is 19.2. The van der Waals surface area contributed by atoms with E-state index in [1.165, 1.54) is 24.3 Å². The highest BCUT2D eigenvalue weighted by Gasteiger charge is 2.43. The Morgan fingerprint density at radius 3 is 2.08 bits per heavy atom. The standard InChI is InChI=1S/C28H21F5N2O5/c29-16-7-14(8-17(30)12-16)9-23(36)34-5-6-35-24(37)13-19(15-10-20(31)26(33)21(32)11-15)25-27(38)18-3-1-2-4-22(18)40-28(25)39/h1-4,7-8,10-12,19,25H,5-6,9,13H2,(H,34,36)(H,35,37). The van der Waals surface area contributed by atoms with Gasteiger partial charge < -0.3 is 15.4 Å². The minimum atomic E-state index is -1.76. The molecule has 0 aromatic heterocycles. The van der Waals surface area contributed by atoms with Crippen molar-refractivity contribution in [3.8, 4) is 5.75 Å². The summed E-state index contributed by atoms with van der Waals surface area (Å²) in [7, 11) is 0. The van der Waals surface area contributed by atoms with E-state index in [1.807, 2.05) is 0 Å². The predicted octanol–water partition coefficient (Wildman–Crippen LogP) is 3.75. The molecule has 1 heterocycles. The van der Waals surface area contributed by atoms with Crippen LogP contribution in [-0.4, -0.2) is 36.7 Å². The molecule has 7 nitrogen and oxygen atoms in total. The molecule has 0 radical (unpaired) electrons. The van der Waals surface area contributed by atoms with Crippen molar-refractivity contribution in [3.63, 3.8) is 0 Å². The SMILES string of the molecule is O=C(Cc1cc(F)cc(F)c1)NCCNC(=O)CC(c1cc(F)c(F)c(F)c1)C1C(=O)Oc2ccccc2C1=O. The molecule has 2 N–H and O–H groups in total. The molecule has 0 saturated heterocycles. The zero-order chi connectivity index (χ0) is 29.0. The molecule has 0 spiro atoms. The summed E-state index contributed by atoms with van der Waals surface area (Å²) >= 11 is 0. The van der Waals surface area contributed by atoms with Gasteiger partial charge in [0.2, 0.25) is 11.8 Å². The number of Topliss-reactive ketones (excluding diaryl/α,β-unsaturated/α-hetero) is 1. The Balaban J connectivity index is 1.44. The Hall–Kier alpha value is -4.61. The van der Waals surface area contributed by atoms with Crippen LogP contribution in [0.2, 0.25) is 0 Å². The molecule has 3 aromatic rings. The molecule has 4 rings (SSSR count). The first-order valence-electron chi connectivity index (χ1n) is 12.0. The molecule has 3 aromatic carbocycles. The second-order valence-electron chi connectivity index (χ2n) is 9.02. The zero-order valence-corrected chi connectivity index (χ0v) is 20.6. The van der Waals surface area contributed by atoms with Gasteiger partial charge in [-0.05, 0) is 47.5 Å². The van der Waals surface area contributed by atoms with E-state index in [2.05, 4.69) is 10.6 Å². The van der Waals surface area contributed by atoms with E-state index in [0.29, 0.717) is 18.2 Å². The fourth-order valence-corrected chi connectivity index (χ4v) is 4.41. The van der Waals surface area contributed by atoms with Gasteiger partial charge in [0.1, 0.15) is 23.3 Å². The van der Waals surface area contributed by atoms with Gasteiger partial charge in [-0.1, -0.05) is 12.1 Å². The lowest BCUT2D eigenvalue weighted by Gasteiger charge is -2.29. The van der Waals surface area contributed by atoms with Gasteiger partial charge in [-0.25, -0.2) is 22.0 Å². The summed E-state index contributed by atoms with van der Waals surface area (Å²) in [4.78, 5) is 50.8. The fraction of sp³-hybridized carbons (Fsp3) is 0.214. The van der Waals surface area contributed by atoms with Crippen molar-refractivity contribution >= 4 is 23.6 Å². The highest BCUT2D eigenvalue weighted by Crippen LogP contribution is 2.38. The number of hydrogen-bond acceptors (Lipinski definition) is 5. The lowest BCUT2D eigenvalue weighted by Crippen LogP contribution is -2.40. The maximum absolute atomic E-state index is 14.1. The summed E-state index contributed by atoms with van der Waals surface area (Å²) in [5.41, 5.74) is -0.176. The molecule has 0 saturated carbocycles. The number of esters is 1. The Morgan fingerprint density at radius 2 is 1.43 bits per heavy atom. The van der Waals surface area contributed by atoms with Crippen LogP contribution in [0.5, 0.6) is 5.75 Å². The molecule has 0 aliphatic carbocycles. The van der Waals surface area contributed by atoms with Gasteiger partial charge >= 0.3 is 5.97 Å². The topological polar surface area (TPSA) is 102 Å². The van der Waals surface area contributed by atoms with Crippen molar-refractivity contribution in [2.24, 2.45) is 5.92 Å². The summed E-state index contributed by atoms with van der Waals surface area (Å²) in [5.74, 6) is -12.8. The summed E-state index contributed by atoms with van der Waals surface area (Å²) in [6, 6.07) is 9.71. The van der Waals surface area contributed by atoms with Crippen LogP contribution >= 0.6 is 0 Å². The van der Waals surface area contributed by atoms with Gasteiger partial charge in [0, 0.05) is 31.5 Å². The van der Waals surface area contributed by atoms with E-state index in [9.17, 15) is 41.1 Å². The Morgan fingerprint density at radius 1 is 0.825 bits per heavy atom. The Bertz CT molecular complexity index is 1450. The third-order valence-corrected chi connectivity index (χ3v) is 6.20. The van der Waals surface area contributed by atoms with Crippen LogP contribution in [0.25, 0.3) is 0 Å². The molecule has 1 aliphatic heterocycles. The van der Waals surface area contributed by atoms with Crippen LogP contribution in [0.15, 0.2) is 54.6 Å². The molecule has 0 bridgehead atoms. The van der Waals surface area contributed by atoms with Crippen LogP contribution in [0.4, 0.5) is 22.0 Å². The van der Waals surface area contributed by atoms with Crippen molar-refractivity contribution in [3.05, 3.63) is 100 Å². The first-order chi connectivity index (χ1) is 19.0. The Labute approximate surface area is 224 Å². The van der Waals surface area contributed by atoms with Gasteiger partial charge in [-0.15, -0.1) is 0 Å². The number of ether oxygens (including phenoxy) is 1. The van der Waals surface area contributed by atoms with Crippen LogP contribution in [0.3, 0.4) is 0 Å². The number of halogens is 5. The largest absolute Gasteiger partial charge is 0.425 e. The van der Waals surface area contributed by atoms with E-state index >= 15 is 0 Å². The first-order valence-corrected chi connectivity index (χ1v) is 12.0. The number of carbonyl (C=O) groups excluding carboxylic acids is 4. The number of benzene rings is 3. The van der Waals surface area contributed by atoms with E-state index in [-0.39, 0.29) is 42.0 Å². The number of rotatable bonds is 9. The quantitative estimate of drug-likeness (QED) is 0.104. The molecular formula is C28H21F5N2O5. The number of nitrogens with one attached hydrogen (secondary N) is 2. The van der Waals surface area contributed by atoms with Gasteiger partial charge in [0.25, 0.3) is 0 Å². The van der Waals surface area contributed by atoms with Crippen LogP contribution in [0.1, 0.15) is 33.8 Å². The predicted molar refractivity (Wildman–Crippen MR) is 130 cm³/mol. The summed E-state index contributed by atoms with van der Waals surface area (Å²) in [5, 5.41) is 4.90. The van der Waals surface area contributed by atoms with Crippen molar-refractivity contribution in [2.45, 2.75) is 18.8 Å². The number of fused-ring (bicyclic) bond motifs is 1. The molecular weight excluding hydrogens is 539 g/mol. The van der Waals surface area contributed by atoms with Gasteiger partial charge in [0.05, 0.1) is 12.0 Å². The van der Waals surface area contributed by atoms with Crippen molar-refractivity contribution in [2.75, 3.05) is 13.1 Å². The molecule has 12 heteroatoms. The average Bonchev–Trinajstić information content (AvgIpc) is 2.88. The molecule has 0 fully saturated rings. The normalized spacial score (nSPS) is 15.2. The summed E-state index contributed by atoms with van der Waals surface area (Å²) < 4.78 is 73.6. The van der Waals surface area contributed by atoms with Crippen LogP contribution in [-0.2, 0) is 20.8 Å². The number of carbonyl (C=O) groups is 4. The Kier molecular flexibility index (Phi) is 8.56. The molecule has 2 unspecified atom stereocenters. The molecule has 1 aliphatic rings. The van der Waals surface area contributed by atoms with Crippen LogP contribution in [0, 0.1) is 35.0 Å². The lowest BCUT2D eigenvalue weighted by atomic mass is 9.77. The number of hydrogen-bond donors (Lipinski definition) is 2. The van der Waals surface area contributed by atoms with Crippen LogP contribution < -0.4 is 15.4 Å².